The van der Waals surface area contributed by atoms with Crippen LogP contribution in [0.15, 0.2) is 30.5 Å². The zero-order valence-electron chi connectivity index (χ0n) is 10.9. The van der Waals surface area contributed by atoms with Gasteiger partial charge in [-0.05, 0) is 36.8 Å². The summed E-state index contributed by atoms with van der Waals surface area (Å²) in [5.41, 5.74) is 4.75. The molecule has 1 aromatic carbocycles. The number of hydrogen-bond acceptors (Lipinski definition) is 3. The summed E-state index contributed by atoms with van der Waals surface area (Å²) in [5.74, 6) is -1.01. The molecule has 1 atom stereocenters. The van der Waals surface area contributed by atoms with Gasteiger partial charge in [0.1, 0.15) is 17.7 Å². The van der Waals surface area contributed by atoms with Gasteiger partial charge < -0.3 is 10.8 Å². The monoisotopic (exact) mass is 300 g/mol. The van der Waals surface area contributed by atoms with Gasteiger partial charge in [-0.2, -0.15) is 13.2 Å². The third kappa shape index (κ3) is 3.13. The molecule has 0 radical (unpaired) electrons. The number of halogens is 4. The van der Waals surface area contributed by atoms with E-state index in [-0.39, 0.29) is 11.4 Å². The fourth-order valence-electron chi connectivity index (χ4n) is 1.92. The second kappa shape index (κ2) is 5.33. The predicted molar refractivity (Wildman–Crippen MR) is 68.9 cm³/mol. The van der Waals surface area contributed by atoms with Crippen LogP contribution in [0, 0.1) is 12.7 Å². The van der Waals surface area contributed by atoms with Crippen molar-refractivity contribution in [2.45, 2.75) is 19.2 Å². The van der Waals surface area contributed by atoms with Gasteiger partial charge in [0.15, 0.2) is 0 Å². The number of nitrogen functional groups attached to an aromatic ring is 1. The first-order chi connectivity index (χ1) is 9.70. The number of aromatic nitrogens is 1. The summed E-state index contributed by atoms with van der Waals surface area (Å²) in [6, 6.07) is 3.30. The molecule has 3 N–H and O–H groups in total. The van der Waals surface area contributed by atoms with E-state index in [1.165, 1.54) is 12.3 Å². The highest BCUT2D eigenvalue weighted by Crippen LogP contribution is 2.34. The van der Waals surface area contributed by atoms with Crippen LogP contribution in [0.5, 0.6) is 0 Å². The molecule has 0 fully saturated rings. The minimum atomic E-state index is -4.63. The normalized spacial score (nSPS) is 13.2. The van der Waals surface area contributed by atoms with Crippen molar-refractivity contribution >= 4 is 5.82 Å². The Hall–Kier alpha value is -2.15. The molecule has 1 aromatic heterocycles. The summed E-state index contributed by atoms with van der Waals surface area (Å²) in [6.45, 7) is 1.67. The number of aryl methyl sites for hydroxylation is 1. The summed E-state index contributed by atoms with van der Waals surface area (Å²) < 4.78 is 51.7. The minimum absolute atomic E-state index is 0.0632. The summed E-state index contributed by atoms with van der Waals surface area (Å²) in [7, 11) is 0. The van der Waals surface area contributed by atoms with Crippen LogP contribution in [-0.4, -0.2) is 10.1 Å². The Morgan fingerprint density at radius 3 is 2.48 bits per heavy atom. The molecule has 1 unspecified atom stereocenters. The molecule has 2 rings (SSSR count). The number of nitrogens with two attached hydrogens (primary N) is 1. The zero-order valence-corrected chi connectivity index (χ0v) is 10.9. The number of rotatable bonds is 2. The van der Waals surface area contributed by atoms with E-state index in [9.17, 15) is 22.7 Å². The molecule has 0 saturated heterocycles. The maximum absolute atomic E-state index is 13.7. The van der Waals surface area contributed by atoms with Crippen LogP contribution in [0.4, 0.5) is 23.4 Å². The molecule has 2 aromatic rings. The van der Waals surface area contributed by atoms with E-state index in [4.69, 9.17) is 5.73 Å². The zero-order chi connectivity index (χ0) is 15.8. The molecule has 21 heavy (non-hydrogen) atoms. The number of alkyl halides is 3. The first kappa shape index (κ1) is 15.2. The Morgan fingerprint density at radius 1 is 1.19 bits per heavy atom. The number of aliphatic hydroxyl groups excluding tert-OH is 1. The highest BCUT2D eigenvalue weighted by Gasteiger charge is 2.32. The van der Waals surface area contributed by atoms with E-state index in [0.717, 1.165) is 0 Å². The third-order valence-electron chi connectivity index (χ3n) is 3.00. The SMILES string of the molecule is Cc1cnc(N)c(C(O)c2cc(C(F)(F)F)ccc2F)c1. The molecule has 0 amide bonds. The van der Waals surface area contributed by atoms with Gasteiger partial charge in [0.25, 0.3) is 0 Å². The van der Waals surface area contributed by atoms with Crippen LogP contribution >= 0.6 is 0 Å². The Morgan fingerprint density at radius 2 is 1.86 bits per heavy atom. The van der Waals surface area contributed by atoms with Gasteiger partial charge in [-0.15, -0.1) is 0 Å². The lowest BCUT2D eigenvalue weighted by molar-refractivity contribution is -0.137. The lowest BCUT2D eigenvalue weighted by Crippen LogP contribution is -2.11. The van der Waals surface area contributed by atoms with Gasteiger partial charge in [0.2, 0.25) is 0 Å². The number of anilines is 1. The fraction of sp³-hybridized carbons (Fsp3) is 0.214. The van der Waals surface area contributed by atoms with E-state index in [0.29, 0.717) is 23.8 Å². The maximum Gasteiger partial charge on any atom is 0.416 e. The lowest BCUT2D eigenvalue weighted by atomic mass is 9.98. The predicted octanol–water partition coefficient (Wildman–Crippen LogP) is 3.21. The van der Waals surface area contributed by atoms with Crippen molar-refractivity contribution in [3.8, 4) is 0 Å². The molecule has 0 saturated carbocycles. The van der Waals surface area contributed by atoms with Crippen molar-refractivity contribution in [1.29, 1.82) is 0 Å². The van der Waals surface area contributed by atoms with Gasteiger partial charge in [0.05, 0.1) is 5.56 Å². The van der Waals surface area contributed by atoms with Gasteiger partial charge in [0, 0.05) is 17.3 Å². The first-order valence-corrected chi connectivity index (χ1v) is 5.97. The van der Waals surface area contributed by atoms with E-state index in [2.05, 4.69) is 4.98 Å². The molecule has 0 aliphatic carbocycles. The van der Waals surface area contributed by atoms with Gasteiger partial charge in [-0.25, -0.2) is 9.37 Å². The Bertz CT molecular complexity index is 671. The average Bonchev–Trinajstić information content (AvgIpc) is 2.40. The summed E-state index contributed by atoms with van der Waals surface area (Å²) in [4.78, 5) is 3.80. The molecular formula is C14H12F4N2O. The Labute approximate surface area is 118 Å². The minimum Gasteiger partial charge on any atom is -0.383 e. The molecule has 0 spiro atoms. The smallest absolute Gasteiger partial charge is 0.383 e. The molecule has 3 nitrogen and oxygen atoms in total. The van der Waals surface area contributed by atoms with Crippen molar-refractivity contribution in [3.63, 3.8) is 0 Å². The highest BCUT2D eigenvalue weighted by atomic mass is 19.4. The van der Waals surface area contributed by atoms with Crippen molar-refractivity contribution in [3.05, 3.63) is 58.5 Å². The van der Waals surface area contributed by atoms with E-state index >= 15 is 0 Å². The van der Waals surface area contributed by atoms with Gasteiger partial charge in [-0.3, -0.25) is 0 Å². The molecule has 1 heterocycles. The van der Waals surface area contributed by atoms with Crippen LogP contribution in [0.2, 0.25) is 0 Å². The molecular weight excluding hydrogens is 288 g/mol. The quantitative estimate of drug-likeness (QED) is 0.837. The molecule has 7 heteroatoms. The second-order valence-electron chi connectivity index (χ2n) is 4.62. The third-order valence-corrected chi connectivity index (χ3v) is 3.00. The average molecular weight is 300 g/mol. The van der Waals surface area contributed by atoms with Gasteiger partial charge in [-0.1, -0.05) is 0 Å². The largest absolute Gasteiger partial charge is 0.416 e. The van der Waals surface area contributed by atoms with Crippen LogP contribution in [0.25, 0.3) is 0 Å². The van der Waals surface area contributed by atoms with E-state index < -0.39 is 29.2 Å². The van der Waals surface area contributed by atoms with Crippen LogP contribution in [0.3, 0.4) is 0 Å². The summed E-state index contributed by atoms with van der Waals surface area (Å²) in [6.07, 6.45) is -4.81. The second-order valence-corrected chi connectivity index (χ2v) is 4.62. The Kier molecular flexibility index (Phi) is 3.87. The van der Waals surface area contributed by atoms with Crippen molar-refractivity contribution < 1.29 is 22.7 Å². The fourth-order valence-corrected chi connectivity index (χ4v) is 1.92. The van der Waals surface area contributed by atoms with Crippen LogP contribution < -0.4 is 5.73 Å². The molecule has 0 aliphatic rings. The van der Waals surface area contributed by atoms with Crippen LogP contribution in [-0.2, 0) is 6.18 Å². The molecule has 0 aliphatic heterocycles. The number of benzene rings is 1. The van der Waals surface area contributed by atoms with Crippen molar-refractivity contribution in [2.24, 2.45) is 0 Å². The Balaban J connectivity index is 2.52. The van der Waals surface area contributed by atoms with Crippen molar-refractivity contribution in [2.75, 3.05) is 5.73 Å². The molecule has 0 bridgehead atoms. The lowest BCUT2D eigenvalue weighted by Gasteiger charge is -2.16. The first-order valence-electron chi connectivity index (χ1n) is 5.97. The number of pyridine rings is 1. The topological polar surface area (TPSA) is 59.1 Å². The summed E-state index contributed by atoms with van der Waals surface area (Å²) >= 11 is 0. The van der Waals surface area contributed by atoms with Gasteiger partial charge >= 0.3 is 6.18 Å². The number of aliphatic hydroxyl groups is 1. The van der Waals surface area contributed by atoms with Crippen LogP contribution in [0.1, 0.15) is 28.4 Å². The molecule has 112 valence electrons. The summed E-state index contributed by atoms with van der Waals surface area (Å²) in [5, 5.41) is 10.1. The number of nitrogens with zero attached hydrogens (tertiary/aromatic N) is 1. The van der Waals surface area contributed by atoms with Crippen molar-refractivity contribution in [1.82, 2.24) is 4.98 Å². The highest BCUT2D eigenvalue weighted by molar-refractivity contribution is 5.46. The number of hydrogen-bond donors (Lipinski definition) is 2. The van der Waals surface area contributed by atoms with E-state index in [1.54, 1.807) is 6.92 Å². The maximum atomic E-state index is 13.7. The van der Waals surface area contributed by atoms with E-state index in [1.807, 2.05) is 0 Å². The standard InChI is InChI=1S/C14H12F4N2O/c1-7-4-10(13(19)20-6-7)12(21)9-5-8(14(16,17)18)2-3-11(9)15/h2-6,12,21H,1H3,(H2,19,20).